The van der Waals surface area contributed by atoms with E-state index in [9.17, 15) is 4.79 Å². The van der Waals surface area contributed by atoms with Gasteiger partial charge in [0.2, 0.25) is 0 Å². The van der Waals surface area contributed by atoms with Crippen molar-refractivity contribution in [3.05, 3.63) is 46.0 Å². The molecule has 2 aromatic rings. The second-order valence-electron chi connectivity index (χ2n) is 6.39. The summed E-state index contributed by atoms with van der Waals surface area (Å²) in [4.78, 5) is 19.2. The number of aliphatic hydroxyl groups is 1. The zero-order chi connectivity index (χ0) is 16.9. The molecule has 0 aliphatic carbocycles. The highest BCUT2D eigenvalue weighted by Crippen LogP contribution is 2.16. The van der Waals surface area contributed by atoms with Crippen LogP contribution in [-0.4, -0.2) is 51.8 Å². The van der Waals surface area contributed by atoms with Crippen LogP contribution >= 0.6 is 0 Å². The van der Waals surface area contributed by atoms with E-state index in [1.54, 1.807) is 16.7 Å². The van der Waals surface area contributed by atoms with Crippen LogP contribution in [0, 0.1) is 6.92 Å². The van der Waals surface area contributed by atoms with Crippen LogP contribution in [0.5, 0.6) is 0 Å². The summed E-state index contributed by atoms with van der Waals surface area (Å²) in [5.74, 6) is 0. The normalized spacial score (nSPS) is 16.8. The molecule has 6 heteroatoms. The Balaban J connectivity index is 1.62. The molecule has 1 saturated heterocycles. The smallest absolute Gasteiger partial charge is 0.258 e. The number of hydrogen-bond donors (Lipinski definition) is 1. The molecule has 0 atom stereocenters. The van der Waals surface area contributed by atoms with E-state index in [1.165, 1.54) is 0 Å². The molecule has 0 saturated carbocycles. The van der Waals surface area contributed by atoms with E-state index in [2.05, 4.69) is 9.88 Å². The van der Waals surface area contributed by atoms with E-state index >= 15 is 0 Å². The molecule has 6 nitrogen and oxygen atoms in total. The molecule has 24 heavy (non-hydrogen) atoms. The van der Waals surface area contributed by atoms with Crippen molar-refractivity contribution in [1.82, 2.24) is 14.3 Å². The number of pyridine rings is 1. The maximum Gasteiger partial charge on any atom is 0.258 e. The van der Waals surface area contributed by atoms with Gasteiger partial charge in [-0.3, -0.25) is 14.1 Å². The monoisotopic (exact) mass is 331 g/mol. The van der Waals surface area contributed by atoms with Crippen LogP contribution in [0.1, 0.15) is 30.5 Å². The van der Waals surface area contributed by atoms with Gasteiger partial charge >= 0.3 is 0 Å². The Kier molecular flexibility index (Phi) is 5.60. The van der Waals surface area contributed by atoms with Crippen LogP contribution in [0.25, 0.3) is 5.65 Å². The van der Waals surface area contributed by atoms with Crippen LogP contribution in [0.4, 0.5) is 0 Å². The Morgan fingerprint density at radius 2 is 2.17 bits per heavy atom. The lowest BCUT2D eigenvalue weighted by Crippen LogP contribution is -2.37. The highest BCUT2D eigenvalue weighted by molar-refractivity contribution is 5.46. The Bertz CT molecular complexity index is 736. The first-order valence-corrected chi connectivity index (χ1v) is 8.60. The summed E-state index contributed by atoms with van der Waals surface area (Å²) in [6, 6.07) is 5.48. The standard InChI is InChI=1S/C18H25N3O3/c1-14-4-2-7-21-17(23)12-15(19-18(14)21)13-20-8-5-16(6-9-20)24-11-3-10-22/h2,4,7,12,16,22H,3,5-6,8-11,13H2,1H3. The van der Waals surface area contributed by atoms with Gasteiger partial charge in [0.1, 0.15) is 5.65 Å². The number of aromatic nitrogens is 2. The molecule has 0 unspecified atom stereocenters. The molecular formula is C18H25N3O3. The highest BCUT2D eigenvalue weighted by Gasteiger charge is 2.20. The molecule has 3 rings (SSSR count). The third-order valence-corrected chi connectivity index (χ3v) is 4.52. The van der Waals surface area contributed by atoms with E-state index in [-0.39, 0.29) is 18.3 Å². The second-order valence-corrected chi connectivity index (χ2v) is 6.39. The maximum absolute atomic E-state index is 12.3. The van der Waals surface area contributed by atoms with Crippen molar-refractivity contribution >= 4 is 5.65 Å². The van der Waals surface area contributed by atoms with Crippen LogP contribution < -0.4 is 5.56 Å². The van der Waals surface area contributed by atoms with Gasteiger partial charge in [-0.2, -0.15) is 0 Å². The number of hydrogen-bond acceptors (Lipinski definition) is 5. The van der Waals surface area contributed by atoms with Gasteiger partial charge in [0.25, 0.3) is 5.56 Å². The molecule has 1 aliphatic heterocycles. The summed E-state index contributed by atoms with van der Waals surface area (Å²) in [5, 5.41) is 8.80. The Hall–Kier alpha value is -1.76. The van der Waals surface area contributed by atoms with Gasteiger partial charge in [0.15, 0.2) is 0 Å². The molecule has 0 spiro atoms. The number of aliphatic hydroxyl groups excluding tert-OH is 1. The van der Waals surface area contributed by atoms with E-state index in [0.717, 1.165) is 42.8 Å². The van der Waals surface area contributed by atoms with Crippen molar-refractivity contribution in [2.75, 3.05) is 26.3 Å². The van der Waals surface area contributed by atoms with Gasteiger partial charge in [-0.1, -0.05) is 6.07 Å². The average molecular weight is 331 g/mol. The summed E-state index contributed by atoms with van der Waals surface area (Å²) >= 11 is 0. The lowest BCUT2D eigenvalue weighted by Gasteiger charge is -2.31. The minimum Gasteiger partial charge on any atom is -0.396 e. The minimum absolute atomic E-state index is 0.0269. The second kappa shape index (κ2) is 7.88. The molecule has 2 aromatic heterocycles. The van der Waals surface area contributed by atoms with Crippen LogP contribution in [0.3, 0.4) is 0 Å². The molecular weight excluding hydrogens is 306 g/mol. The first-order valence-electron chi connectivity index (χ1n) is 8.60. The number of nitrogens with zero attached hydrogens (tertiary/aromatic N) is 3. The van der Waals surface area contributed by atoms with Crippen LogP contribution in [-0.2, 0) is 11.3 Å². The summed E-state index contributed by atoms with van der Waals surface area (Å²) in [6.45, 7) is 5.37. The minimum atomic E-state index is -0.0269. The summed E-state index contributed by atoms with van der Waals surface area (Å²) < 4.78 is 7.36. The summed E-state index contributed by atoms with van der Waals surface area (Å²) in [5.41, 5.74) is 2.55. The molecule has 1 aliphatic rings. The first kappa shape index (κ1) is 17.1. The van der Waals surface area contributed by atoms with Crippen molar-refractivity contribution in [3.63, 3.8) is 0 Å². The largest absolute Gasteiger partial charge is 0.396 e. The predicted molar refractivity (Wildman–Crippen MR) is 92.2 cm³/mol. The van der Waals surface area contributed by atoms with Gasteiger partial charge in [-0.25, -0.2) is 4.98 Å². The average Bonchev–Trinajstić information content (AvgIpc) is 2.58. The van der Waals surface area contributed by atoms with Crippen molar-refractivity contribution in [3.8, 4) is 0 Å². The van der Waals surface area contributed by atoms with Crippen molar-refractivity contribution < 1.29 is 9.84 Å². The van der Waals surface area contributed by atoms with Gasteiger partial charge in [-0.15, -0.1) is 0 Å². The summed E-state index contributed by atoms with van der Waals surface area (Å²) in [7, 11) is 0. The lowest BCUT2D eigenvalue weighted by molar-refractivity contribution is 0.000577. The number of piperidine rings is 1. The molecule has 0 bridgehead atoms. The first-order chi connectivity index (χ1) is 11.7. The molecule has 0 amide bonds. The fourth-order valence-electron chi connectivity index (χ4n) is 3.17. The lowest BCUT2D eigenvalue weighted by atomic mass is 10.1. The fraction of sp³-hybridized carbons (Fsp3) is 0.556. The van der Waals surface area contributed by atoms with Gasteiger partial charge in [0, 0.05) is 45.1 Å². The quantitative estimate of drug-likeness (QED) is 0.810. The Morgan fingerprint density at radius 1 is 1.38 bits per heavy atom. The van der Waals surface area contributed by atoms with Crippen molar-refractivity contribution in [2.45, 2.75) is 38.8 Å². The van der Waals surface area contributed by atoms with Crippen molar-refractivity contribution in [1.29, 1.82) is 0 Å². The number of aryl methyl sites for hydroxylation is 1. The molecule has 1 fully saturated rings. The molecule has 3 heterocycles. The number of likely N-dealkylation sites (tertiary alicyclic amines) is 1. The summed E-state index contributed by atoms with van der Waals surface area (Å²) in [6.07, 6.45) is 4.71. The van der Waals surface area contributed by atoms with Crippen molar-refractivity contribution in [2.24, 2.45) is 0 Å². The predicted octanol–water partition coefficient (Wildman–Crippen LogP) is 1.37. The molecule has 130 valence electrons. The Morgan fingerprint density at radius 3 is 2.92 bits per heavy atom. The SMILES string of the molecule is Cc1cccn2c(=O)cc(CN3CCC(OCCCO)CC3)nc12. The van der Waals surface area contributed by atoms with Gasteiger partial charge in [-0.05, 0) is 37.8 Å². The molecule has 0 radical (unpaired) electrons. The van der Waals surface area contributed by atoms with Gasteiger partial charge in [0.05, 0.1) is 11.8 Å². The topological polar surface area (TPSA) is 67.1 Å². The number of ether oxygens (including phenoxy) is 1. The van der Waals surface area contributed by atoms with Crippen LogP contribution in [0.15, 0.2) is 29.2 Å². The molecule has 0 aromatic carbocycles. The number of rotatable bonds is 6. The van der Waals surface area contributed by atoms with Gasteiger partial charge < -0.3 is 9.84 Å². The fourth-order valence-corrected chi connectivity index (χ4v) is 3.17. The zero-order valence-electron chi connectivity index (χ0n) is 14.1. The highest BCUT2D eigenvalue weighted by atomic mass is 16.5. The van der Waals surface area contributed by atoms with E-state index < -0.39 is 0 Å². The zero-order valence-corrected chi connectivity index (χ0v) is 14.1. The van der Waals surface area contributed by atoms with E-state index in [1.807, 2.05) is 19.1 Å². The molecule has 1 N–H and O–H groups in total. The third kappa shape index (κ3) is 4.01. The van der Waals surface area contributed by atoms with E-state index in [4.69, 9.17) is 9.84 Å². The number of fused-ring (bicyclic) bond motifs is 1. The van der Waals surface area contributed by atoms with E-state index in [0.29, 0.717) is 19.6 Å². The van der Waals surface area contributed by atoms with Crippen LogP contribution in [0.2, 0.25) is 0 Å². The third-order valence-electron chi connectivity index (χ3n) is 4.52. The maximum atomic E-state index is 12.3. The Labute approximate surface area is 141 Å².